The number of hydrogen-bond donors (Lipinski definition) is 2. The quantitative estimate of drug-likeness (QED) is 0.793. The number of amides is 1. The first kappa shape index (κ1) is 19.9. The van der Waals surface area contributed by atoms with Gasteiger partial charge in [0.2, 0.25) is 16.1 Å². The molecule has 1 heterocycles. The van der Waals surface area contributed by atoms with Gasteiger partial charge < -0.3 is 14.8 Å². The molecular formula is C19H21FN2O5S. The SMILES string of the molecule is Cc1cc([C@@H](C)NC(=O)[C@@H]2COc3ccccc3O2)c(F)cc1NS(C)(=O)=O. The van der Waals surface area contributed by atoms with E-state index in [0.29, 0.717) is 17.1 Å². The Morgan fingerprint density at radius 2 is 1.93 bits per heavy atom. The molecule has 0 saturated heterocycles. The number of anilines is 1. The van der Waals surface area contributed by atoms with E-state index in [4.69, 9.17) is 9.47 Å². The molecule has 2 aromatic rings. The van der Waals surface area contributed by atoms with Gasteiger partial charge in [0.25, 0.3) is 5.91 Å². The maximum absolute atomic E-state index is 14.5. The van der Waals surface area contributed by atoms with Crippen LogP contribution in [0.1, 0.15) is 24.1 Å². The third-order valence-corrected chi connectivity index (χ3v) is 4.86. The van der Waals surface area contributed by atoms with E-state index in [2.05, 4.69) is 10.0 Å². The molecule has 2 aromatic carbocycles. The average molecular weight is 408 g/mol. The Morgan fingerprint density at radius 1 is 1.25 bits per heavy atom. The summed E-state index contributed by atoms with van der Waals surface area (Å²) in [7, 11) is -3.52. The molecule has 0 radical (unpaired) electrons. The molecule has 0 saturated carbocycles. The molecule has 2 atom stereocenters. The Kier molecular flexibility index (Phi) is 5.46. The van der Waals surface area contributed by atoms with E-state index in [1.54, 1.807) is 38.1 Å². The Hall–Kier alpha value is -2.81. The molecule has 1 aliphatic rings. The number of hydrogen-bond acceptors (Lipinski definition) is 5. The second-order valence-corrected chi connectivity index (χ2v) is 8.41. The zero-order valence-electron chi connectivity index (χ0n) is 15.7. The second kappa shape index (κ2) is 7.67. The Morgan fingerprint density at radius 3 is 2.61 bits per heavy atom. The fourth-order valence-corrected chi connectivity index (χ4v) is 3.50. The monoisotopic (exact) mass is 408 g/mol. The molecule has 7 nitrogen and oxygen atoms in total. The van der Waals surface area contributed by atoms with Crippen molar-refractivity contribution in [1.29, 1.82) is 0 Å². The summed E-state index contributed by atoms with van der Waals surface area (Å²) in [5, 5.41) is 2.71. The smallest absolute Gasteiger partial charge is 0.265 e. The molecule has 0 unspecified atom stereocenters. The van der Waals surface area contributed by atoms with Crippen LogP contribution >= 0.6 is 0 Å². The number of ether oxygens (including phenoxy) is 2. The highest BCUT2D eigenvalue weighted by molar-refractivity contribution is 7.92. The number of para-hydroxylation sites is 2. The number of carbonyl (C=O) groups is 1. The van der Waals surface area contributed by atoms with Crippen LogP contribution in [0, 0.1) is 12.7 Å². The van der Waals surface area contributed by atoms with Gasteiger partial charge in [0.1, 0.15) is 12.4 Å². The molecule has 1 aliphatic heterocycles. The molecule has 2 N–H and O–H groups in total. The summed E-state index contributed by atoms with van der Waals surface area (Å²) in [4.78, 5) is 12.5. The lowest BCUT2D eigenvalue weighted by molar-refractivity contribution is -0.131. The summed E-state index contributed by atoms with van der Waals surface area (Å²) in [6.45, 7) is 3.34. The molecule has 0 aliphatic carbocycles. The predicted molar refractivity (Wildman–Crippen MR) is 103 cm³/mol. The molecular weight excluding hydrogens is 387 g/mol. The number of benzene rings is 2. The zero-order chi connectivity index (χ0) is 20.5. The van der Waals surface area contributed by atoms with Crippen LogP contribution in [-0.2, 0) is 14.8 Å². The first-order valence-corrected chi connectivity index (χ1v) is 10.5. The highest BCUT2D eigenvalue weighted by Crippen LogP contribution is 2.31. The van der Waals surface area contributed by atoms with Gasteiger partial charge in [0, 0.05) is 5.56 Å². The molecule has 0 fully saturated rings. The minimum Gasteiger partial charge on any atom is -0.485 e. The van der Waals surface area contributed by atoms with Crippen molar-refractivity contribution in [2.75, 3.05) is 17.6 Å². The van der Waals surface area contributed by atoms with Crippen molar-refractivity contribution >= 4 is 21.6 Å². The number of nitrogens with one attached hydrogen (secondary N) is 2. The highest BCUT2D eigenvalue weighted by Gasteiger charge is 2.29. The van der Waals surface area contributed by atoms with Crippen LogP contribution < -0.4 is 19.5 Å². The van der Waals surface area contributed by atoms with E-state index in [1.165, 1.54) is 6.07 Å². The summed E-state index contributed by atoms with van der Waals surface area (Å²) in [5.74, 6) is -0.0249. The van der Waals surface area contributed by atoms with Crippen LogP contribution in [0.4, 0.5) is 10.1 Å². The van der Waals surface area contributed by atoms with E-state index >= 15 is 0 Å². The van der Waals surface area contributed by atoms with Crippen LogP contribution in [0.3, 0.4) is 0 Å². The van der Waals surface area contributed by atoms with Crippen LogP contribution in [0.25, 0.3) is 0 Å². The number of sulfonamides is 1. The van der Waals surface area contributed by atoms with Gasteiger partial charge in [-0.1, -0.05) is 12.1 Å². The Bertz CT molecular complexity index is 1010. The van der Waals surface area contributed by atoms with E-state index < -0.39 is 33.9 Å². The van der Waals surface area contributed by atoms with Gasteiger partial charge in [0.15, 0.2) is 11.5 Å². The van der Waals surface area contributed by atoms with Gasteiger partial charge in [-0.25, -0.2) is 12.8 Å². The Labute approximate surface area is 162 Å². The van der Waals surface area contributed by atoms with Crippen LogP contribution in [0.15, 0.2) is 36.4 Å². The van der Waals surface area contributed by atoms with Gasteiger partial charge in [-0.2, -0.15) is 0 Å². The molecule has 9 heteroatoms. The van der Waals surface area contributed by atoms with Gasteiger partial charge in [0.05, 0.1) is 18.0 Å². The second-order valence-electron chi connectivity index (χ2n) is 6.66. The van der Waals surface area contributed by atoms with Crippen LogP contribution in [-0.4, -0.2) is 33.3 Å². The molecule has 3 rings (SSSR count). The van der Waals surface area contributed by atoms with Gasteiger partial charge >= 0.3 is 0 Å². The van der Waals surface area contributed by atoms with E-state index in [0.717, 1.165) is 12.3 Å². The minimum atomic E-state index is -3.52. The van der Waals surface area contributed by atoms with Gasteiger partial charge in [-0.15, -0.1) is 0 Å². The maximum Gasteiger partial charge on any atom is 0.265 e. The number of halogens is 1. The summed E-state index contributed by atoms with van der Waals surface area (Å²) in [5.41, 5.74) is 0.930. The van der Waals surface area contributed by atoms with Crippen LogP contribution in [0.5, 0.6) is 11.5 Å². The van der Waals surface area contributed by atoms with Crippen molar-refractivity contribution in [3.05, 3.63) is 53.3 Å². The number of rotatable bonds is 5. The number of fused-ring (bicyclic) bond motifs is 1. The number of carbonyl (C=O) groups excluding carboxylic acids is 1. The summed E-state index contributed by atoms with van der Waals surface area (Å²) < 4.78 is 50.7. The average Bonchev–Trinajstić information content (AvgIpc) is 2.62. The largest absolute Gasteiger partial charge is 0.485 e. The molecule has 28 heavy (non-hydrogen) atoms. The number of aryl methyl sites for hydroxylation is 1. The predicted octanol–water partition coefficient (Wildman–Crippen LogP) is 2.52. The van der Waals surface area contributed by atoms with Gasteiger partial charge in [-0.3, -0.25) is 9.52 Å². The normalized spacial score (nSPS) is 16.9. The van der Waals surface area contributed by atoms with E-state index in [-0.39, 0.29) is 17.9 Å². The van der Waals surface area contributed by atoms with Crippen LogP contribution in [0.2, 0.25) is 0 Å². The fraction of sp³-hybridized carbons (Fsp3) is 0.316. The first-order chi connectivity index (χ1) is 13.1. The van der Waals surface area contributed by atoms with Crippen molar-refractivity contribution in [3.63, 3.8) is 0 Å². The van der Waals surface area contributed by atoms with E-state index in [1.807, 2.05) is 0 Å². The van der Waals surface area contributed by atoms with Gasteiger partial charge in [-0.05, 0) is 43.7 Å². The van der Waals surface area contributed by atoms with E-state index in [9.17, 15) is 17.6 Å². The summed E-state index contributed by atoms with van der Waals surface area (Å²) >= 11 is 0. The van der Waals surface area contributed by atoms with Crippen molar-refractivity contribution < 1.29 is 27.1 Å². The third kappa shape index (κ3) is 4.53. The van der Waals surface area contributed by atoms with Crippen molar-refractivity contribution in [3.8, 4) is 11.5 Å². The van der Waals surface area contributed by atoms with Crippen molar-refractivity contribution in [2.24, 2.45) is 0 Å². The maximum atomic E-state index is 14.5. The lowest BCUT2D eigenvalue weighted by atomic mass is 10.0. The lowest BCUT2D eigenvalue weighted by Crippen LogP contribution is -2.44. The summed E-state index contributed by atoms with van der Waals surface area (Å²) in [6, 6.07) is 8.98. The third-order valence-electron chi connectivity index (χ3n) is 4.27. The molecule has 150 valence electrons. The van der Waals surface area contributed by atoms with Crippen molar-refractivity contribution in [1.82, 2.24) is 5.32 Å². The molecule has 0 bridgehead atoms. The molecule has 0 spiro atoms. The molecule has 0 aromatic heterocycles. The lowest BCUT2D eigenvalue weighted by Gasteiger charge is -2.27. The topological polar surface area (TPSA) is 93.7 Å². The standard InChI is InChI=1S/C19H21FN2O5S/c1-11-8-13(14(20)9-15(11)22-28(3,24)25)12(2)21-19(23)18-10-26-16-6-4-5-7-17(16)27-18/h4-9,12,18,22H,10H2,1-3H3,(H,21,23)/t12-,18+/m1/s1. The summed E-state index contributed by atoms with van der Waals surface area (Å²) in [6.07, 6.45) is 0.138. The first-order valence-electron chi connectivity index (χ1n) is 8.61. The fourth-order valence-electron chi connectivity index (χ4n) is 2.88. The van der Waals surface area contributed by atoms with Crippen molar-refractivity contribution in [2.45, 2.75) is 26.0 Å². The minimum absolute atomic E-state index is 0.0499. The zero-order valence-corrected chi connectivity index (χ0v) is 16.5. The highest BCUT2D eigenvalue weighted by atomic mass is 32.2. The Balaban J connectivity index is 1.72. The molecule has 1 amide bonds.